The molecular weight excluding hydrogens is 243 g/mol. The smallest absolute Gasteiger partial charge is 0.389 e. The highest BCUT2D eigenvalue weighted by molar-refractivity contribution is 4.84. The summed E-state index contributed by atoms with van der Waals surface area (Å²) in [6.45, 7) is 5.92. The molecule has 0 aromatic heterocycles. The Labute approximate surface area is 107 Å². The van der Waals surface area contributed by atoms with Gasteiger partial charge in [-0.1, -0.05) is 0 Å². The molecule has 5 heteroatoms. The van der Waals surface area contributed by atoms with Crippen molar-refractivity contribution in [2.75, 3.05) is 13.1 Å². The molecule has 0 aliphatic carbocycles. The molecule has 18 heavy (non-hydrogen) atoms. The first-order chi connectivity index (χ1) is 8.22. The van der Waals surface area contributed by atoms with E-state index in [-0.39, 0.29) is 12.8 Å². The normalized spacial score (nSPS) is 27.5. The SMILES string of the molecule is CC(C)N1CCCC(O)(CCCC(F)(F)F)CC1. The third-order valence-corrected chi connectivity index (χ3v) is 3.78. The summed E-state index contributed by atoms with van der Waals surface area (Å²) in [5.41, 5.74) is -0.894. The zero-order chi connectivity index (χ0) is 13.8. The molecule has 1 unspecified atom stereocenters. The van der Waals surface area contributed by atoms with Gasteiger partial charge in [-0.25, -0.2) is 0 Å². The molecule has 1 rings (SSSR count). The lowest BCUT2D eigenvalue weighted by molar-refractivity contribution is -0.138. The van der Waals surface area contributed by atoms with E-state index in [1.165, 1.54) is 0 Å². The molecule has 1 aliphatic rings. The van der Waals surface area contributed by atoms with E-state index in [9.17, 15) is 18.3 Å². The van der Waals surface area contributed by atoms with Crippen LogP contribution in [0.3, 0.4) is 0 Å². The monoisotopic (exact) mass is 267 g/mol. The van der Waals surface area contributed by atoms with Crippen molar-refractivity contribution in [3.8, 4) is 0 Å². The fourth-order valence-electron chi connectivity index (χ4n) is 2.58. The summed E-state index contributed by atoms with van der Waals surface area (Å²) >= 11 is 0. The van der Waals surface area contributed by atoms with Crippen LogP contribution >= 0.6 is 0 Å². The lowest BCUT2D eigenvalue weighted by atomic mass is 9.89. The summed E-state index contributed by atoms with van der Waals surface area (Å²) in [7, 11) is 0. The molecule has 1 N–H and O–H groups in total. The van der Waals surface area contributed by atoms with E-state index in [4.69, 9.17) is 0 Å². The largest absolute Gasteiger partial charge is 0.390 e. The number of hydrogen-bond donors (Lipinski definition) is 1. The van der Waals surface area contributed by atoms with E-state index in [0.717, 1.165) is 19.5 Å². The predicted molar refractivity (Wildman–Crippen MR) is 65.4 cm³/mol. The molecule has 1 fully saturated rings. The molecule has 1 saturated heterocycles. The Hall–Kier alpha value is -0.290. The Kier molecular flexibility index (Phi) is 5.46. The minimum absolute atomic E-state index is 0.0294. The van der Waals surface area contributed by atoms with Crippen LogP contribution in [-0.4, -0.2) is 40.9 Å². The van der Waals surface area contributed by atoms with Crippen LogP contribution in [0.2, 0.25) is 0 Å². The summed E-state index contributed by atoms with van der Waals surface area (Å²) in [6, 6.07) is 0.433. The van der Waals surface area contributed by atoms with Gasteiger partial charge in [-0.2, -0.15) is 13.2 Å². The van der Waals surface area contributed by atoms with Gasteiger partial charge in [0.25, 0.3) is 0 Å². The van der Waals surface area contributed by atoms with E-state index in [1.54, 1.807) is 0 Å². The van der Waals surface area contributed by atoms with Crippen molar-refractivity contribution in [1.82, 2.24) is 4.90 Å². The Morgan fingerprint density at radius 3 is 2.44 bits per heavy atom. The Morgan fingerprint density at radius 2 is 1.89 bits per heavy atom. The van der Waals surface area contributed by atoms with Gasteiger partial charge in [0, 0.05) is 19.0 Å². The average molecular weight is 267 g/mol. The quantitative estimate of drug-likeness (QED) is 0.844. The molecule has 0 amide bonds. The highest BCUT2D eigenvalue weighted by Gasteiger charge is 2.33. The van der Waals surface area contributed by atoms with Gasteiger partial charge in [-0.3, -0.25) is 0 Å². The van der Waals surface area contributed by atoms with Crippen molar-refractivity contribution in [2.45, 2.75) is 70.2 Å². The van der Waals surface area contributed by atoms with Crippen LogP contribution in [0.1, 0.15) is 52.4 Å². The molecule has 0 aromatic carbocycles. The second-order valence-electron chi connectivity index (χ2n) is 5.68. The maximum absolute atomic E-state index is 12.1. The number of nitrogens with zero attached hydrogens (tertiary/aromatic N) is 1. The standard InChI is InChI=1S/C13H24F3NO/c1-11(2)17-9-4-6-12(18,8-10-17)5-3-7-13(14,15)16/h11,18H,3-10H2,1-2H3. The third kappa shape index (κ3) is 5.57. The summed E-state index contributed by atoms with van der Waals surface area (Å²) < 4.78 is 36.3. The fraction of sp³-hybridized carbons (Fsp3) is 1.00. The van der Waals surface area contributed by atoms with Gasteiger partial charge < -0.3 is 10.0 Å². The van der Waals surface area contributed by atoms with Crippen LogP contribution in [0.4, 0.5) is 13.2 Å². The van der Waals surface area contributed by atoms with Crippen molar-refractivity contribution in [2.24, 2.45) is 0 Å². The van der Waals surface area contributed by atoms with Crippen LogP contribution in [0.15, 0.2) is 0 Å². The molecule has 0 aromatic rings. The van der Waals surface area contributed by atoms with Gasteiger partial charge in [0.15, 0.2) is 0 Å². The first-order valence-electron chi connectivity index (χ1n) is 6.75. The van der Waals surface area contributed by atoms with Crippen LogP contribution in [0, 0.1) is 0 Å². The zero-order valence-corrected chi connectivity index (χ0v) is 11.3. The fourth-order valence-corrected chi connectivity index (χ4v) is 2.58. The molecule has 0 bridgehead atoms. The van der Waals surface area contributed by atoms with Crippen LogP contribution < -0.4 is 0 Å². The van der Waals surface area contributed by atoms with Gasteiger partial charge in [-0.15, -0.1) is 0 Å². The predicted octanol–water partition coefficient (Wildman–Crippen LogP) is 3.34. The molecule has 1 atom stereocenters. The number of hydrogen-bond acceptors (Lipinski definition) is 2. The summed E-state index contributed by atoms with van der Waals surface area (Å²) in [6.07, 6.45) is -2.54. The van der Waals surface area contributed by atoms with E-state index in [1.807, 2.05) is 0 Å². The maximum Gasteiger partial charge on any atom is 0.389 e. The van der Waals surface area contributed by atoms with E-state index >= 15 is 0 Å². The van der Waals surface area contributed by atoms with Crippen LogP contribution in [0.5, 0.6) is 0 Å². The molecule has 0 saturated carbocycles. The average Bonchev–Trinajstić information content (AvgIpc) is 2.38. The number of halogens is 3. The number of aliphatic hydroxyl groups is 1. The Morgan fingerprint density at radius 1 is 1.22 bits per heavy atom. The lowest BCUT2D eigenvalue weighted by Gasteiger charge is -2.28. The third-order valence-electron chi connectivity index (χ3n) is 3.78. The lowest BCUT2D eigenvalue weighted by Crippen LogP contribution is -2.34. The summed E-state index contributed by atoms with van der Waals surface area (Å²) in [5.74, 6) is 0. The second kappa shape index (κ2) is 6.24. The molecule has 1 heterocycles. The molecule has 0 spiro atoms. The van der Waals surface area contributed by atoms with E-state index in [2.05, 4.69) is 18.7 Å². The minimum atomic E-state index is -4.11. The van der Waals surface area contributed by atoms with Crippen molar-refractivity contribution in [3.63, 3.8) is 0 Å². The van der Waals surface area contributed by atoms with Crippen molar-refractivity contribution in [1.29, 1.82) is 0 Å². The van der Waals surface area contributed by atoms with Gasteiger partial charge in [0.05, 0.1) is 5.60 Å². The molecular formula is C13H24F3NO. The molecule has 1 aliphatic heterocycles. The Balaban J connectivity index is 2.39. The number of alkyl halides is 3. The highest BCUT2D eigenvalue weighted by Crippen LogP contribution is 2.31. The second-order valence-corrected chi connectivity index (χ2v) is 5.68. The summed E-state index contributed by atoms with van der Waals surface area (Å²) in [4.78, 5) is 2.28. The Bertz CT molecular complexity index is 255. The van der Waals surface area contributed by atoms with Gasteiger partial charge in [0.1, 0.15) is 0 Å². The number of likely N-dealkylation sites (tertiary alicyclic amines) is 1. The van der Waals surface area contributed by atoms with Gasteiger partial charge in [0.2, 0.25) is 0 Å². The van der Waals surface area contributed by atoms with E-state index in [0.29, 0.717) is 18.9 Å². The highest BCUT2D eigenvalue weighted by atomic mass is 19.4. The van der Waals surface area contributed by atoms with Crippen LogP contribution in [-0.2, 0) is 0 Å². The topological polar surface area (TPSA) is 23.5 Å². The van der Waals surface area contributed by atoms with Gasteiger partial charge in [-0.05, 0) is 52.5 Å². The molecule has 108 valence electrons. The minimum Gasteiger partial charge on any atom is -0.390 e. The van der Waals surface area contributed by atoms with Crippen LogP contribution in [0.25, 0.3) is 0 Å². The molecule has 2 nitrogen and oxygen atoms in total. The van der Waals surface area contributed by atoms with E-state index < -0.39 is 18.2 Å². The van der Waals surface area contributed by atoms with Crippen molar-refractivity contribution >= 4 is 0 Å². The first kappa shape index (κ1) is 15.8. The zero-order valence-electron chi connectivity index (χ0n) is 11.3. The van der Waals surface area contributed by atoms with Crippen molar-refractivity contribution in [3.05, 3.63) is 0 Å². The van der Waals surface area contributed by atoms with Gasteiger partial charge >= 0.3 is 6.18 Å². The number of rotatable bonds is 4. The maximum atomic E-state index is 12.1. The molecule has 0 radical (unpaired) electrons. The van der Waals surface area contributed by atoms with Crippen molar-refractivity contribution < 1.29 is 18.3 Å². The first-order valence-corrected chi connectivity index (χ1v) is 6.75. The summed E-state index contributed by atoms with van der Waals surface area (Å²) in [5, 5.41) is 10.4.